The lowest BCUT2D eigenvalue weighted by Crippen LogP contribution is -2.49. The summed E-state index contributed by atoms with van der Waals surface area (Å²) in [6.45, 7) is -0.466. The van der Waals surface area contributed by atoms with Crippen LogP contribution in [0.2, 0.25) is 0 Å². The molecule has 0 spiro atoms. The molecule has 12 heavy (non-hydrogen) atoms. The first-order valence-corrected chi connectivity index (χ1v) is 6.88. The monoisotopic (exact) mass is 230 g/mol. The number of aliphatic hydroxyl groups is 3. The van der Waals surface area contributed by atoms with E-state index in [0.29, 0.717) is 0 Å². The molecule has 0 aromatic carbocycles. The van der Waals surface area contributed by atoms with E-state index in [-0.39, 0.29) is 0 Å². The lowest BCUT2D eigenvalue weighted by molar-refractivity contribution is -0.0146. The number of hydrogen-bond donors (Lipinski definition) is 3. The molecule has 3 nitrogen and oxygen atoms in total. The first kappa shape index (κ1) is 12.9. The van der Waals surface area contributed by atoms with E-state index in [1.165, 1.54) is 0 Å². The molecule has 1 unspecified atom stereocenters. The summed E-state index contributed by atoms with van der Waals surface area (Å²) in [6, 6.07) is 0. The quantitative estimate of drug-likeness (QED) is 0.595. The largest absolute Gasteiger partial charge is 0.392 e. The summed E-state index contributed by atoms with van der Waals surface area (Å²) in [5.74, 6) is 0. The van der Waals surface area contributed by atoms with Crippen LogP contribution in [-0.2, 0) is 0 Å². The van der Waals surface area contributed by atoms with Crippen LogP contribution >= 0.6 is 35.3 Å². The summed E-state index contributed by atoms with van der Waals surface area (Å²) in [5.41, 5.74) is 0. The van der Waals surface area contributed by atoms with Crippen LogP contribution in [0.15, 0.2) is 0 Å². The number of rotatable bonds is 5. The number of hydrogen-bond acceptors (Lipinski definition) is 6. The van der Waals surface area contributed by atoms with Crippen LogP contribution in [0.4, 0.5) is 0 Å². The SMILES string of the molecule is CSC(O)(CO)C(O)(SC)SC. The minimum absolute atomic E-state index is 0.466. The maximum Gasteiger partial charge on any atom is 0.198 e. The van der Waals surface area contributed by atoms with Crippen molar-refractivity contribution in [2.45, 2.75) is 9.20 Å². The minimum atomic E-state index is -1.51. The fourth-order valence-corrected chi connectivity index (χ4v) is 3.52. The molecule has 3 N–H and O–H groups in total. The highest BCUT2D eigenvalue weighted by atomic mass is 32.2. The van der Waals surface area contributed by atoms with E-state index in [2.05, 4.69) is 0 Å². The zero-order valence-electron chi connectivity index (χ0n) is 7.27. The molecule has 0 aromatic heterocycles. The minimum Gasteiger partial charge on any atom is -0.392 e. The molecule has 0 fully saturated rings. The van der Waals surface area contributed by atoms with Gasteiger partial charge < -0.3 is 15.3 Å². The molecule has 0 aromatic rings. The standard InChI is InChI=1S/C6H14O3S3/c1-10-5(8,4-7)6(9,11-2)12-3/h7-9H,4H2,1-3H3. The van der Waals surface area contributed by atoms with E-state index in [9.17, 15) is 10.2 Å². The van der Waals surface area contributed by atoms with Crippen LogP contribution in [0, 0.1) is 0 Å². The zero-order chi connectivity index (χ0) is 9.83. The van der Waals surface area contributed by atoms with Gasteiger partial charge in [0.05, 0.1) is 6.61 Å². The summed E-state index contributed by atoms with van der Waals surface area (Å²) in [5, 5.41) is 28.5. The first-order chi connectivity index (χ1) is 5.49. The molecule has 74 valence electrons. The molecule has 0 bridgehead atoms. The third-order valence-corrected chi connectivity index (χ3v) is 5.74. The Balaban J connectivity index is 4.66. The molecule has 0 aliphatic rings. The number of thioether (sulfide) groups is 3. The Bertz CT molecular complexity index is 118. The fraction of sp³-hybridized carbons (Fsp3) is 1.00. The highest BCUT2D eigenvalue weighted by Gasteiger charge is 2.48. The van der Waals surface area contributed by atoms with Gasteiger partial charge in [0.2, 0.25) is 0 Å². The second-order valence-electron chi connectivity index (χ2n) is 2.14. The van der Waals surface area contributed by atoms with Crippen LogP contribution < -0.4 is 0 Å². The van der Waals surface area contributed by atoms with E-state index in [1.807, 2.05) is 0 Å². The Morgan fingerprint density at radius 3 is 1.50 bits per heavy atom. The van der Waals surface area contributed by atoms with Gasteiger partial charge in [-0.05, 0) is 18.8 Å². The third kappa shape index (κ3) is 2.24. The van der Waals surface area contributed by atoms with Crippen molar-refractivity contribution in [3.63, 3.8) is 0 Å². The van der Waals surface area contributed by atoms with E-state index in [0.717, 1.165) is 35.3 Å². The van der Waals surface area contributed by atoms with Gasteiger partial charge in [0.15, 0.2) is 9.20 Å². The summed E-state index contributed by atoms with van der Waals surface area (Å²) in [7, 11) is 0. The van der Waals surface area contributed by atoms with E-state index in [1.54, 1.807) is 18.8 Å². The molecular weight excluding hydrogens is 216 g/mol. The highest BCUT2D eigenvalue weighted by Crippen LogP contribution is 2.45. The molecule has 0 aliphatic carbocycles. The van der Waals surface area contributed by atoms with Crippen molar-refractivity contribution in [1.82, 2.24) is 0 Å². The fourth-order valence-electron chi connectivity index (χ4n) is 0.696. The van der Waals surface area contributed by atoms with Crippen LogP contribution in [0.5, 0.6) is 0 Å². The molecular formula is C6H14O3S3. The Kier molecular flexibility index (Phi) is 5.36. The molecule has 0 aliphatic heterocycles. The van der Waals surface area contributed by atoms with Crippen LogP contribution in [-0.4, -0.2) is 49.9 Å². The van der Waals surface area contributed by atoms with Crippen LogP contribution in [0.25, 0.3) is 0 Å². The molecule has 1 atom stereocenters. The first-order valence-electron chi connectivity index (χ1n) is 3.20. The Morgan fingerprint density at radius 1 is 1.00 bits per heavy atom. The maximum absolute atomic E-state index is 9.84. The Morgan fingerprint density at radius 2 is 1.42 bits per heavy atom. The molecule has 0 saturated heterocycles. The summed E-state index contributed by atoms with van der Waals surface area (Å²) in [4.78, 5) is -1.51. The molecule has 6 heteroatoms. The van der Waals surface area contributed by atoms with E-state index < -0.39 is 15.8 Å². The lowest BCUT2D eigenvalue weighted by Gasteiger charge is -2.38. The van der Waals surface area contributed by atoms with Crippen molar-refractivity contribution < 1.29 is 15.3 Å². The normalized spacial score (nSPS) is 17.5. The van der Waals surface area contributed by atoms with Gasteiger partial charge in [-0.15, -0.1) is 35.3 Å². The third-order valence-electron chi connectivity index (χ3n) is 1.60. The van der Waals surface area contributed by atoms with Crippen molar-refractivity contribution in [2.24, 2.45) is 0 Å². The Labute approximate surface area is 85.3 Å². The average Bonchev–Trinajstić information content (AvgIpc) is 2.15. The molecule has 0 heterocycles. The summed E-state index contributed by atoms with van der Waals surface area (Å²) in [6.07, 6.45) is 5.02. The van der Waals surface area contributed by atoms with Gasteiger partial charge in [0, 0.05) is 0 Å². The highest BCUT2D eigenvalue weighted by molar-refractivity contribution is 8.18. The topological polar surface area (TPSA) is 60.7 Å². The smallest absolute Gasteiger partial charge is 0.198 e. The van der Waals surface area contributed by atoms with Crippen molar-refractivity contribution in [3.05, 3.63) is 0 Å². The predicted molar refractivity (Wildman–Crippen MR) is 57.5 cm³/mol. The molecule has 0 saturated carbocycles. The molecule has 0 radical (unpaired) electrons. The van der Waals surface area contributed by atoms with Gasteiger partial charge in [-0.25, -0.2) is 0 Å². The molecule has 0 amide bonds. The van der Waals surface area contributed by atoms with Crippen molar-refractivity contribution in [2.75, 3.05) is 25.4 Å². The van der Waals surface area contributed by atoms with Gasteiger partial charge in [-0.2, -0.15) is 0 Å². The van der Waals surface area contributed by atoms with Gasteiger partial charge in [0.1, 0.15) is 0 Å². The van der Waals surface area contributed by atoms with Gasteiger partial charge >= 0.3 is 0 Å². The maximum atomic E-state index is 9.84. The van der Waals surface area contributed by atoms with Crippen molar-refractivity contribution in [3.8, 4) is 0 Å². The summed E-state index contributed by atoms with van der Waals surface area (Å²) < 4.78 is -1.36. The van der Waals surface area contributed by atoms with Crippen LogP contribution in [0.3, 0.4) is 0 Å². The van der Waals surface area contributed by atoms with Gasteiger partial charge in [0.25, 0.3) is 0 Å². The van der Waals surface area contributed by atoms with E-state index >= 15 is 0 Å². The second kappa shape index (κ2) is 4.97. The summed E-state index contributed by atoms with van der Waals surface area (Å²) >= 11 is 3.27. The lowest BCUT2D eigenvalue weighted by atomic mass is 10.4. The van der Waals surface area contributed by atoms with Crippen molar-refractivity contribution in [1.29, 1.82) is 0 Å². The zero-order valence-corrected chi connectivity index (χ0v) is 9.72. The van der Waals surface area contributed by atoms with E-state index in [4.69, 9.17) is 5.11 Å². The Hall–Kier alpha value is 0.930. The average molecular weight is 230 g/mol. The van der Waals surface area contributed by atoms with Crippen LogP contribution in [0.1, 0.15) is 0 Å². The number of aliphatic hydroxyl groups excluding tert-OH is 1. The van der Waals surface area contributed by atoms with Gasteiger partial charge in [-0.1, -0.05) is 0 Å². The molecule has 0 rings (SSSR count). The van der Waals surface area contributed by atoms with Crippen molar-refractivity contribution >= 4 is 35.3 Å². The van der Waals surface area contributed by atoms with Gasteiger partial charge in [-0.3, -0.25) is 0 Å². The second-order valence-corrected chi connectivity index (χ2v) is 5.48. The predicted octanol–water partition coefficient (Wildman–Crippen LogP) is 0.402.